The van der Waals surface area contributed by atoms with Crippen molar-refractivity contribution >= 4 is 0 Å². The summed E-state index contributed by atoms with van der Waals surface area (Å²) in [6, 6.07) is 0. The predicted molar refractivity (Wildman–Crippen MR) is 58.4 cm³/mol. The first-order valence-electron chi connectivity index (χ1n) is 6.27. The number of ether oxygens (including phenoxy) is 1. The molecular weight excluding hydrogens is 174 g/mol. The van der Waals surface area contributed by atoms with Gasteiger partial charge in [0.2, 0.25) is 0 Å². The molecule has 1 aliphatic carbocycles. The van der Waals surface area contributed by atoms with Crippen LogP contribution in [0.5, 0.6) is 0 Å². The van der Waals surface area contributed by atoms with Crippen LogP contribution in [-0.4, -0.2) is 25.8 Å². The molecule has 0 spiro atoms. The van der Waals surface area contributed by atoms with Crippen molar-refractivity contribution in [2.75, 3.05) is 19.7 Å². The maximum absolute atomic E-state index is 5.98. The standard InChI is InChI=1S/C12H23NO/c1-2-6-12(7-3-1)14-10-11-5-4-8-13-9-11/h11-13H,1-10H2/t11-/m1/s1. The topological polar surface area (TPSA) is 21.3 Å². The molecule has 0 amide bonds. The molecule has 0 aromatic rings. The molecule has 2 nitrogen and oxygen atoms in total. The smallest absolute Gasteiger partial charge is 0.0575 e. The monoisotopic (exact) mass is 197 g/mol. The van der Waals surface area contributed by atoms with Gasteiger partial charge in [0, 0.05) is 6.54 Å². The van der Waals surface area contributed by atoms with E-state index in [2.05, 4.69) is 5.32 Å². The third-order valence-electron chi connectivity index (χ3n) is 3.52. The fourth-order valence-corrected chi connectivity index (χ4v) is 2.57. The lowest BCUT2D eigenvalue weighted by Crippen LogP contribution is -2.33. The molecule has 0 bridgehead atoms. The van der Waals surface area contributed by atoms with Crippen molar-refractivity contribution in [1.82, 2.24) is 5.32 Å². The highest BCUT2D eigenvalue weighted by molar-refractivity contribution is 4.70. The zero-order chi connectivity index (χ0) is 9.64. The van der Waals surface area contributed by atoms with Crippen LogP contribution in [0.1, 0.15) is 44.9 Å². The number of nitrogens with one attached hydrogen (secondary N) is 1. The van der Waals surface area contributed by atoms with Gasteiger partial charge in [-0.15, -0.1) is 0 Å². The van der Waals surface area contributed by atoms with Gasteiger partial charge in [-0.2, -0.15) is 0 Å². The van der Waals surface area contributed by atoms with Gasteiger partial charge >= 0.3 is 0 Å². The molecule has 0 aromatic heterocycles. The molecule has 1 atom stereocenters. The Morgan fingerprint density at radius 2 is 1.86 bits per heavy atom. The van der Waals surface area contributed by atoms with E-state index in [-0.39, 0.29) is 0 Å². The van der Waals surface area contributed by atoms with E-state index in [1.165, 1.54) is 58.0 Å². The van der Waals surface area contributed by atoms with Crippen molar-refractivity contribution in [2.24, 2.45) is 5.92 Å². The summed E-state index contributed by atoms with van der Waals surface area (Å²) < 4.78 is 5.98. The van der Waals surface area contributed by atoms with Gasteiger partial charge in [-0.1, -0.05) is 19.3 Å². The van der Waals surface area contributed by atoms with Crippen molar-refractivity contribution in [1.29, 1.82) is 0 Å². The number of hydrogen-bond donors (Lipinski definition) is 1. The summed E-state index contributed by atoms with van der Waals surface area (Å²) in [5.74, 6) is 0.783. The maximum atomic E-state index is 5.98. The van der Waals surface area contributed by atoms with Crippen LogP contribution < -0.4 is 5.32 Å². The van der Waals surface area contributed by atoms with E-state index in [0.717, 1.165) is 12.5 Å². The van der Waals surface area contributed by atoms with Crippen molar-refractivity contribution in [3.63, 3.8) is 0 Å². The Hall–Kier alpha value is -0.0800. The van der Waals surface area contributed by atoms with Gasteiger partial charge in [-0.25, -0.2) is 0 Å². The summed E-state index contributed by atoms with van der Waals surface area (Å²) in [7, 11) is 0. The number of rotatable bonds is 3. The zero-order valence-corrected chi connectivity index (χ0v) is 9.13. The van der Waals surface area contributed by atoms with Crippen molar-refractivity contribution in [3.8, 4) is 0 Å². The normalized spacial score (nSPS) is 30.4. The van der Waals surface area contributed by atoms with Gasteiger partial charge in [0.25, 0.3) is 0 Å². The van der Waals surface area contributed by atoms with Crippen LogP contribution >= 0.6 is 0 Å². The minimum Gasteiger partial charge on any atom is -0.378 e. The van der Waals surface area contributed by atoms with Crippen molar-refractivity contribution in [3.05, 3.63) is 0 Å². The van der Waals surface area contributed by atoms with Crippen LogP contribution in [0.3, 0.4) is 0 Å². The summed E-state index contributed by atoms with van der Waals surface area (Å²) in [6.45, 7) is 3.38. The Kier molecular flexibility index (Phi) is 4.26. The van der Waals surface area contributed by atoms with E-state index in [0.29, 0.717) is 6.10 Å². The average Bonchev–Trinajstić information content (AvgIpc) is 2.29. The lowest BCUT2D eigenvalue weighted by atomic mass is 9.97. The summed E-state index contributed by atoms with van der Waals surface area (Å²) in [5, 5.41) is 3.44. The van der Waals surface area contributed by atoms with E-state index in [9.17, 15) is 0 Å². The molecule has 2 fully saturated rings. The van der Waals surface area contributed by atoms with Crippen LogP contribution in [0.15, 0.2) is 0 Å². The van der Waals surface area contributed by atoms with Crippen LogP contribution in [-0.2, 0) is 4.74 Å². The number of piperidine rings is 1. The molecule has 2 heteroatoms. The molecule has 1 N–H and O–H groups in total. The Balaban J connectivity index is 1.60. The number of hydrogen-bond acceptors (Lipinski definition) is 2. The van der Waals surface area contributed by atoms with Crippen LogP contribution in [0, 0.1) is 5.92 Å². The summed E-state index contributed by atoms with van der Waals surface area (Å²) in [6.07, 6.45) is 10.1. The molecule has 1 heterocycles. The first-order valence-corrected chi connectivity index (χ1v) is 6.27. The Bertz CT molecular complexity index is 130. The summed E-state index contributed by atoms with van der Waals surface area (Å²) in [5.41, 5.74) is 0. The maximum Gasteiger partial charge on any atom is 0.0575 e. The summed E-state index contributed by atoms with van der Waals surface area (Å²) >= 11 is 0. The average molecular weight is 197 g/mol. The predicted octanol–water partition coefficient (Wildman–Crippen LogP) is 2.34. The molecule has 1 saturated carbocycles. The van der Waals surface area contributed by atoms with Gasteiger partial charge in [0.05, 0.1) is 12.7 Å². The van der Waals surface area contributed by atoms with Crippen LogP contribution in [0.25, 0.3) is 0 Å². The highest BCUT2D eigenvalue weighted by Gasteiger charge is 2.17. The van der Waals surface area contributed by atoms with Gasteiger partial charge in [0.1, 0.15) is 0 Å². The Morgan fingerprint density at radius 3 is 2.57 bits per heavy atom. The van der Waals surface area contributed by atoms with Gasteiger partial charge in [-0.3, -0.25) is 0 Å². The van der Waals surface area contributed by atoms with Gasteiger partial charge in [0.15, 0.2) is 0 Å². The second-order valence-electron chi connectivity index (χ2n) is 4.81. The van der Waals surface area contributed by atoms with Crippen molar-refractivity contribution < 1.29 is 4.74 Å². The molecule has 2 aliphatic rings. The lowest BCUT2D eigenvalue weighted by Gasteiger charge is -2.27. The van der Waals surface area contributed by atoms with Gasteiger partial charge in [-0.05, 0) is 38.1 Å². The largest absolute Gasteiger partial charge is 0.378 e. The highest BCUT2D eigenvalue weighted by Crippen LogP contribution is 2.21. The third-order valence-corrected chi connectivity index (χ3v) is 3.52. The third kappa shape index (κ3) is 3.25. The zero-order valence-electron chi connectivity index (χ0n) is 9.13. The first-order chi connectivity index (χ1) is 6.95. The van der Waals surface area contributed by atoms with Crippen LogP contribution in [0.2, 0.25) is 0 Å². The molecule has 0 aromatic carbocycles. The molecule has 0 unspecified atom stereocenters. The van der Waals surface area contributed by atoms with Gasteiger partial charge < -0.3 is 10.1 Å². The molecule has 1 aliphatic heterocycles. The first kappa shape index (κ1) is 10.4. The fourth-order valence-electron chi connectivity index (χ4n) is 2.57. The molecule has 2 rings (SSSR count). The Labute approximate surface area is 87.4 Å². The fraction of sp³-hybridized carbons (Fsp3) is 1.00. The van der Waals surface area contributed by atoms with E-state index in [4.69, 9.17) is 4.74 Å². The molecule has 1 saturated heterocycles. The minimum absolute atomic E-state index is 0.589. The molecule has 0 radical (unpaired) electrons. The minimum atomic E-state index is 0.589. The van der Waals surface area contributed by atoms with E-state index < -0.39 is 0 Å². The SMILES string of the molecule is C1CCC(OC[C@@H]2CCCNC2)CC1. The molecule has 82 valence electrons. The van der Waals surface area contributed by atoms with Crippen LogP contribution in [0.4, 0.5) is 0 Å². The second kappa shape index (κ2) is 5.72. The molecular formula is C12H23NO. The van der Waals surface area contributed by atoms with Crippen molar-refractivity contribution in [2.45, 2.75) is 51.0 Å². The molecule has 14 heavy (non-hydrogen) atoms. The highest BCUT2D eigenvalue weighted by atomic mass is 16.5. The second-order valence-corrected chi connectivity index (χ2v) is 4.81. The quantitative estimate of drug-likeness (QED) is 0.750. The van der Waals surface area contributed by atoms with E-state index in [1.807, 2.05) is 0 Å². The van der Waals surface area contributed by atoms with E-state index >= 15 is 0 Å². The lowest BCUT2D eigenvalue weighted by molar-refractivity contribution is 0.00375. The Morgan fingerprint density at radius 1 is 1.00 bits per heavy atom. The van der Waals surface area contributed by atoms with E-state index in [1.54, 1.807) is 0 Å². The summed E-state index contributed by atoms with van der Waals surface area (Å²) in [4.78, 5) is 0.